The first-order chi connectivity index (χ1) is 15.0. The minimum Gasteiger partial charge on any atom is -0.495 e. The Hall–Kier alpha value is -4.13. The maximum atomic E-state index is 12.1. The summed E-state index contributed by atoms with van der Waals surface area (Å²) in [6.45, 7) is 3.94. The Kier molecular flexibility index (Phi) is 7.01. The number of hydrogen-bond donors (Lipinski definition) is 3. The molecular formula is C24H24N4O3. The number of aryl methyl sites for hydroxylation is 2. The second-order valence-corrected chi connectivity index (χ2v) is 6.88. The van der Waals surface area contributed by atoms with Gasteiger partial charge in [-0.15, -0.1) is 0 Å². The summed E-state index contributed by atoms with van der Waals surface area (Å²) in [6.07, 6.45) is 1.46. The second-order valence-electron chi connectivity index (χ2n) is 6.88. The zero-order valence-corrected chi connectivity index (χ0v) is 17.6. The number of anilines is 3. The van der Waals surface area contributed by atoms with Crippen molar-refractivity contribution in [2.24, 2.45) is 5.10 Å². The van der Waals surface area contributed by atoms with Gasteiger partial charge in [0.2, 0.25) is 0 Å². The van der Waals surface area contributed by atoms with E-state index in [0.717, 1.165) is 16.8 Å². The molecule has 0 heterocycles. The fourth-order valence-corrected chi connectivity index (χ4v) is 2.84. The molecule has 3 rings (SSSR count). The summed E-state index contributed by atoms with van der Waals surface area (Å²) < 4.78 is 5.46. The summed E-state index contributed by atoms with van der Waals surface area (Å²) in [7, 11) is 1.58. The van der Waals surface area contributed by atoms with Gasteiger partial charge < -0.3 is 15.4 Å². The van der Waals surface area contributed by atoms with Crippen LogP contribution in [-0.4, -0.2) is 25.1 Å². The highest BCUT2D eigenvalue weighted by Gasteiger charge is 2.13. The number of methoxy groups -OCH3 is 1. The van der Waals surface area contributed by atoms with Gasteiger partial charge in [0, 0.05) is 16.9 Å². The molecule has 0 saturated heterocycles. The average Bonchev–Trinajstić information content (AvgIpc) is 2.77. The summed E-state index contributed by atoms with van der Waals surface area (Å²) in [6, 6.07) is 20.5. The van der Waals surface area contributed by atoms with Gasteiger partial charge in [-0.2, -0.15) is 5.10 Å². The molecule has 3 aromatic rings. The van der Waals surface area contributed by atoms with Crippen LogP contribution in [0, 0.1) is 13.8 Å². The quantitative estimate of drug-likeness (QED) is 0.320. The van der Waals surface area contributed by atoms with Crippen molar-refractivity contribution < 1.29 is 14.3 Å². The third kappa shape index (κ3) is 5.70. The van der Waals surface area contributed by atoms with Gasteiger partial charge in [-0.3, -0.25) is 9.59 Å². The lowest BCUT2D eigenvalue weighted by Crippen LogP contribution is -2.32. The lowest BCUT2D eigenvalue weighted by atomic mass is 10.1. The van der Waals surface area contributed by atoms with E-state index in [2.05, 4.69) is 21.2 Å². The van der Waals surface area contributed by atoms with Crippen molar-refractivity contribution in [3.63, 3.8) is 0 Å². The second kappa shape index (κ2) is 10.1. The molecular weight excluding hydrogens is 392 g/mol. The first kappa shape index (κ1) is 21.6. The van der Waals surface area contributed by atoms with Crippen LogP contribution in [0.4, 0.5) is 17.1 Å². The number of hydrazone groups is 1. The number of benzene rings is 3. The van der Waals surface area contributed by atoms with E-state index in [0.29, 0.717) is 22.7 Å². The van der Waals surface area contributed by atoms with E-state index in [1.165, 1.54) is 6.21 Å². The highest BCUT2D eigenvalue weighted by atomic mass is 16.5. The molecule has 0 spiro atoms. The topological polar surface area (TPSA) is 91.8 Å². The number of ether oxygens (including phenoxy) is 1. The molecule has 0 aliphatic carbocycles. The van der Waals surface area contributed by atoms with Crippen LogP contribution < -0.4 is 20.8 Å². The van der Waals surface area contributed by atoms with Crippen molar-refractivity contribution in [3.8, 4) is 5.75 Å². The molecule has 0 bridgehead atoms. The molecule has 2 amide bonds. The summed E-state index contributed by atoms with van der Waals surface area (Å²) in [5, 5.41) is 9.82. The van der Waals surface area contributed by atoms with Crippen molar-refractivity contribution in [1.82, 2.24) is 5.43 Å². The van der Waals surface area contributed by atoms with Crippen molar-refractivity contribution >= 4 is 35.1 Å². The summed E-state index contributed by atoms with van der Waals surface area (Å²) >= 11 is 0. The molecule has 3 aromatic carbocycles. The molecule has 7 heteroatoms. The van der Waals surface area contributed by atoms with E-state index in [9.17, 15) is 9.59 Å². The molecule has 0 saturated carbocycles. The molecule has 0 radical (unpaired) electrons. The number of nitrogens with one attached hydrogen (secondary N) is 3. The lowest BCUT2D eigenvalue weighted by molar-refractivity contribution is -0.136. The zero-order chi connectivity index (χ0) is 22.2. The SMILES string of the molecule is COc1cccc(/C=N\NC(=O)C(=O)Nc2ccc(C)cc2)c1Nc1ccccc1C. The van der Waals surface area contributed by atoms with E-state index in [1.54, 1.807) is 19.2 Å². The van der Waals surface area contributed by atoms with Crippen molar-refractivity contribution in [2.75, 3.05) is 17.7 Å². The van der Waals surface area contributed by atoms with Crippen LogP contribution >= 0.6 is 0 Å². The number of carbonyl (C=O) groups is 2. The summed E-state index contributed by atoms with van der Waals surface area (Å²) in [4.78, 5) is 24.1. The normalized spacial score (nSPS) is 10.5. The van der Waals surface area contributed by atoms with Crippen LogP contribution in [0.3, 0.4) is 0 Å². The molecule has 0 atom stereocenters. The van der Waals surface area contributed by atoms with Gasteiger partial charge in [0.1, 0.15) is 5.75 Å². The van der Waals surface area contributed by atoms with Gasteiger partial charge in [-0.25, -0.2) is 5.43 Å². The Morgan fingerprint density at radius 2 is 1.65 bits per heavy atom. The van der Waals surface area contributed by atoms with Crippen molar-refractivity contribution in [2.45, 2.75) is 13.8 Å². The van der Waals surface area contributed by atoms with E-state index in [4.69, 9.17) is 4.74 Å². The van der Waals surface area contributed by atoms with E-state index < -0.39 is 11.8 Å². The number of rotatable bonds is 6. The van der Waals surface area contributed by atoms with Crippen LogP contribution in [0.1, 0.15) is 16.7 Å². The number of nitrogens with zero attached hydrogens (tertiary/aromatic N) is 1. The van der Waals surface area contributed by atoms with Gasteiger partial charge >= 0.3 is 11.8 Å². The van der Waals surface area contributed by atoms with Crippen LogP contribution in [0.5, 0.6) is 5.75 Å². The third-order valence-electron chi connectivity index (χ3n) is 4.57. The molecule has 31 heavy (non-hydrogen) atoms. The molecule has 7 nitrogen and oxygen atoms in total. The first-order valence-corrected chi connectivity index (χ1v) is 9.68. The fraction of sp³-hybridized carbons (Fsp3) is 0.125. The monoisotopic (exact) mass is 416 g/mol. The fourth-order valence-electron chi connectivity index (χ4n) is 2.84. The van der Waals surface area contributed by atoms with E-state index in [1.807, 2.05) is 68.4 Å². The molecule has 0 fully saturated rings. The van der Waals surface area contributed by atoms with Gasteiger partial charge in [0.05, 0.1) is 19.0 Å². The number of carbonyl (C=O) groups excluding carboxylic acids is 2. The molecule has 0 aliphatic heterocycles. The Balaban J connectivity index is 1.71. The first-order valence-electron chi connectivity index (χ1n) is 9.68. The highest BCUT2D eigenvalue weighted by Crippen LogP contribution is 2.31. The number of amides is 2. The lowest BCUT2D eigenvalue weighted by Gasteiger charge is -2.15. The maximum Gasteiger partial charge on any atom is 0.329 e. The minimum absolute atomic E-state index is 0.534. The van der Waals surface area contributed by atoms with Crippen LogP contribution in [0.2, 0.25) is 0 Å². The van der Waals surface area contributed by atoms with Gasteiger partial charge in [0.15, 0.2) is 0 Å². The maximum absolute atomic E-state index is 12.1. The van der Waals surface area contributed by atoms with Crippen LogP contribution in [0.25, 0.3) is 0 Å². The zero-order valence-electron chi connectivity index (χ0n) is 17.6. The van der Waals surface area contributed by atoms with Crippen molar-refractivity contribution in [3.05, 3.63) is 83.4 Å². The molecule has 0 unspecified atom stereocenters. The van der Waals surface area contributed by atoms with Gasteiger partial charge in [0.25, 0.3) is 0 Å². The van der Waals surface area contributed by atoms with Crippen molar-refractivity contribution in [1.29, 1.82) is 0 Å². The predicted octanol–water partition coefficient (Wildman–Crippen LogP) is 4.14. The predicted molar refractivity (Wildman–Crippen MR) is 123 cm³/mol. The van der Waals surface area contributed by atoms with E-state index in [-0.39, 0.29) is 0 Å². The standard InChI is InChI=1S/C24H24N4O3/c1-16-11-13-19(14-12-16)26-23(29)24(30)28-25-15-18-8-6-10-21(31-3)22(18)27-20-9-5-4-7-17(20)2/h4-15,27H,1-3H3,(H,26,29)(H,28,30)/b25-15-. The Morgan fingerprint density at radius 1 is 0.903 bits per heavy atom. The average molecular weight is 416 g/mol. The summed E-state index contributed by atoms with van der Waals surface area (Å²) in [5.74, 6) is -1.05. The highest BCUT2D eigenvalue weighted by molar-refractivity contribution is 6.39. The minimum atomic E-state index is -0.867. The summed E-state index contributed by atoms with van der Waals surface area (Å²) in [5.41, 5.74) is 7.21. The van der Waals surface area contributed by atoms with Crippen LogP contribution in [-0.2, 0) is 9.59 Å². The van der Waals surface area contributed by atoms with E-state index >= 15 is 0 Å². The van der Waals surface area contributed by atoms with Gasteiger partial charge in [-0.05, 0) is 43.7 Å². The molecule has 0 aromatic heterocycles. The Bertz CT molecular complexity index is 1110. The molecule has 3 N–H and O–H groups in total. The number of para-hydroxylation sites is 2. The molecule has 158 valence electrons. The number of hydrogen-bond acceptors (Lipinski definition) is 5. The Morgan fingerprint density at radius 3 is 2.35 bits per heavy atom. The Labute approximate surface area is 181 Å². The molecule has 0 aliphatic rings. The smallest absolute Gasteiger partial charge is 0.329 e. The van der Waals surface area contributed by atoms with Gasteiger partial charge in [-0.1, -0.05) is 48.0 Å². The van der Waals surface area contributed by atoms with Crippen LogP contribution in [0.15, 0.2) is 71.8 Å². The third-order valence-corrected chi connectivity index (χ3v) is 4.57. The largest absolute Gasteiger partial charge is 0.495 e.